The average Bonchev–Trinajstić information content (AvgIpc) is 2.30. The van der Waals surface area contributed by atoms with Gasteiger partial charge in [0.15, 0.2) is 11.6 Å². The van der Waals surface area contributed by atoms with E-state index in [-0.39, 0.29) is 10.7 Å². The summed E-state index contributed by atoms with van der Waals surface area (Å²) in [7, 11) is -4.00. The topological polar surface area (TPSA) is 108 Å². The fourth-order valence-electron chi connectivity index (χ4n) is 1.99. The van der Waals surface area contributed by atoms with Gasteiger partial charge in [0, 0.05) is 6.04 Å². The SMILES string of the molecule is CC1NC(O)NC(=O)C1S(=O)(=O)Nc1ccccc1Cl. The molecule has 1 saturated heterocycles. The molecule has 3 atom stereocenters. The molecule has 0 aliphatic carbocycles. The Labute approximate surface area is 121 Å². The molecule has 1 heterocycles. The van der Waals surface area contributed by atoms with Gasteiger partial charge in [-0.05, 0) is 19.1 Å². The van der Waals surface area contributed by atoms with Crippen LogP contribution < -0.4 is 15.4 Å². The molecule has 0 radical (unpaired) electrons. The van der Waals surface area contributed by atoms with Crippen molar-refractivity contribution in [3.8, 4) is 0 Å². The largest absolute Gasteiger partial charge is 0.361 e. The first-order chi connectivity index (χ1) is 9.31. The molecule has 1 amide bonds. The number of carbonyl (C=O) groups is 1. The van der Waals surface area contributed by atoms with Crippen molar-refractivity contribution in [2.75, 3.05) is 4.72 Å². The first-order valence-electron chi connectivity index (χ1n) is 5.82. The Kier molecular flexibility index (Phi) is 4.19. The summed E-state index contributed by atoms with van der Waals surface area (Å²) >= 11 is 5.88. The molecular weight excluding hydrogens is 306 g/mol. The second-order valence-electron chi connectivity index (χ2n) is 4.41. The van der Waals surface area contributed by atoms with Gasteiger partial charge in [-0.15, -0.1) is 0 Å². The van der Waals surface area contributed by atoms with Crippen LogP contribution in [0.3, 0.4) is 0 Å². The molecule has 1 fully saturated rings. The summed E-state index contributed by atoms with van der Waals surface area (Å²) in [5.74, 6) is -0.775. The third kappa shape index (κ3) is 3.04. The van der Waals surface area contributed by atoms with Gasteiger partial charge in [0.1, 0.15) is 0 Å². The lowest BCUT2D eigenvalue weighted by molar-refractivity contribution is -0.127. The molecule has 1 aromatic rings. The van der Waals surface area contributed by atoms with E-state index in [9.17, 15) is 18.3 Å². The number of halogens is 1. The number of sulfonamides is 1. The van der Waals surface area contributed by atoms with E-state index in [1.165, 1.54) is 19.1 Å². The van der Waals surface area contributed by atoms with Gasteiger partial charge in [-0.1, -0.05) is 23.7 Å². The van der Waals surface area contributed by atoms with Crippen LogP contribution in [0.5, 0.6) is 0 Å². The van der Waals surface area contributed by atoms with E-state index in [4.69, 9.17) is 11.6 Å². The Balaban J connectivity index is 2.26. The molecule has 1 aromatic carbocycles. The molecule has 3 unspecified atom stereocenters. The highest BCUT2D eigenvalue weighted by atomic mass is 35.5. The van der Waals surface area contributed by atoms with Crippen LogP contribution in [0, 0.1) is 0 Å². The maximum Gasteiger partial charge on any atom is 0.246 e. The predicted molar refractivity (Wildman–Crippen MR) is 74.5 cm³/mol. The number of para-hydroxylation sites is 1. The molecule has 0 bridgehead atoms. The zero-order valence-electron chi connectivity index (χ0n) is 10.5. The van der Waals surface area contributed by atoms with E-state index < -0.39 is 33.6 Å². The number of nitrogens with one attached hydrogen (secondary N) is 3. The molecule has 7 nitrogen and oxygen atoms in total. The first kappa shape index (κ1) is 15.0. The van der Waals surface area contributed by atoms with Crippen LogP contribution in [0.4, 0.5) is 5.69 Å². The highest BCUT2D eigenvalue weighted by Gasteiger charge is 2.42. The second-order valence-corrected chi connectivity index (χ2v) is 6.62. The summed E-state index contributed by atoms with van der Waals surface area (Å²) in [5.41, 5.74) is 0.195. The number of anilines is 1. The molecular formula is C11H14ClN3O4S. The van der Waals surface area contributed by atoms with Gasteiger partial charge in [-0.25, -0.2) is 8.42 Å². The summed E-state index contributed by atoms with van der Waals surface area (Å²) in [6, 6.07) is 5.56. The molecule has 110 valence electrons. The maximum absolute atomic E-state index is 12.3. The van der Waals surface area contributed by atoms with E-state index in [1.807, 2.05) is 0 Å². The third-order valence-corrected chi connectivity index (χ3v) is 5.00. The Bertz CT molecular complexity index is 622. The van der Waals surface area contributed by atoms with Crippen molar-refractivity contribution in [2.24, 2.45) is 0 Å². The lowest BCUT2D eigenvalue weighted by Gasteiger charge is -2.32. The maximum atomic E-state index is 12.3. The zero-order valence-corrected chi connectivity index (χ0v) is 12.1. The van der Waals surface area contributed by atoms with Crippen LogP contribution in [0.25, 0.3) is 0 Å². The van der Waals surface area contributed by atoms with Crippen molar-refractivity contribution >= 4 is 33.2 Å². The Morgan fingerprint density at radius 3 is 2.60 bits per heavy atom. The summed E-state index contributed by atoms with van der Waals surface area (Å²) in [5, 5.41) is 12.8. The minimum Gasteiger partial charge on any atom is -0.361 e. The Morgan fingerprint density at radius 1 is 1.35 bits per heavy atom. The number of rotatable bonds is 3. The van der Waals surface area contributed by atoms with Crippen molar-refractivity contribution in [1.82, 2.24) is 10.6 Å². The molecule has 4 N–H and O–H groups in total. The van der Waals surface area contributed by atoms with Gasteiger partial charge in [-0.2, -0.15) is 0 Å². The number of aliphatic hydroxyl groups is 1. The van der Waals surface area contributed by atoms with Gasteiger partial charge in [0.2, 0.25) is 15.9 Å². The number of benzene rings is 1. The van der Waals surface area contributed by atoms with E-state index >= 15 is 0 Å². The Morgan fingerprint density at radius 2 is 2.00 bits per heavy atom. The fourth-order valence-corrected chi connectivity index (χ4v) is 3.81. The highest BCUT2D eigenvalue weighted by molar-refractivity contribution is 7.94. The Hall–Kier alpha value is -1.35. The van der Waals surface area contributed by atoms with Crippen molar-refractivity contribution in [3.05, 3.63) is 29.3 Å². The van der Waals surface area contributed by atoms with Crippen molar-refractivity contribution in [3.63, 3.8) is 0 Å². The molecule has 2 rings (SSSR count). The number of amides is 1. The number of carbonyl (C=O) groups excluding carboxylic acids is 1. The minimum atomic E-state index is -4.00. The van der Waals surface area contributed by atoms with Gasteiger partial charge < -0.3 is 10.4 Å². The molecule has 0 saturated carbocycles. The highest BCUT2D eigenvalue weighted by Crippen LogP contribution is 2.23. The molecule has 0 aromatic heterocycles. The van der Waals surface area contributed by atoms with Crippen LogP contribution in [-0.4, -0.2) is 37.1 Å². The van der Waals surface area contributed by atoms with Crippen LogP contribution >= 0.6 is 11.6 Å². The van der Waals surface area contributed by atoms with Gasteiger partial charge in [-0.3, -0.25) is 14.8 Å². The van der Waals surface area contributed by atoms with Crippen LogP contribution in [-0.2, 0) is 14.8 Å². The third-order valence-electron chi connectivity index (χ3n) is 2.87. The zero-order chi connectivity index (χ0) is 14.9. The van der Waals surface area contributed by atoms with E-state index in [0.717, 1.165) is 0 Å². The summed E-state index contributed by atoms with van der Waals surface area (Å²) in [6.07, 6.45) is -1.26. The molecule has 9 heteroatoms. The quantitative estimate of drug-likeness (QED) is 0.619. The second kappa shape index (κ2) is 5.57. The molecule has 0 spiro atoms. The van der Waals surface area contributed by atoms with Crippen LogP contribution in [0.2, 0.25) is 5.02 Å². The van der Waals surface area contributed by atoms with E-state index in [1.54, 1.807) is 12.1 Å². The van der Waals surface area contributed by atoms with E-state index in [2.05, 4.69) is 15.4 Å². The normalized spacial score (nSPS) is 26.9. The number of hydrogen-bond acceptors (Lipinski definition) is 5. The van der Waals surface area contributed by atoms with Crippen molar-refractivity contribution in [1.29, 1.82) is 0 Å². The fraction of sp³-hybridized carbons (Fsp3) is 0.364. The standard InChI is InChI=1S/C11H14ClN3O4S/c1-6-9(10(16)14-11(17)13-6)20(18,19)15-8-5-3-2-4-7(8)12/h2-6,9,11,13,15,17H,1H3,(H,14,16). The lowest BCUT2D eigenvalue weighted by atomic mass is 10.2. The monoisotopic (exact) mass is 319 g/mol. The molecule has 1 aliphatic rings. The van der Waals surface area contributed by atoms with Gasteiger partial charge in [0.25, 0.3) is 0 Å². The number of hydrogen-bond donors (Lipinski definition) is 4. The van der Waals surface area contributed by atoms with E-state index in [0.29, 0.717) is 0 Å². The molecule has 20 heavy (non-hydrogen) atoms. The minimum absolute atomic E-state index is 0.195. The first-order valence-corrected chi connectivity index (χ1v) is 7.74. The smallest absolute Gasteiger partial charge is 0.246 e. The average molecular weight is 320 g/mol. The number of aliphatic hydroxyl groups excluding tert-OH is 1. The van der Waals surface area contributed by atoms with Crippen molar-refractivity contribution < 1.29 is 18.3 Å². The summed E-state index contributed by atoms with van der Waals surface area (Å²) < 4.78 is 26.9. The lowest BCUT2D eigenvalue weighted by Crippen LogP contribution is -2.65. The predicted octanol–water partition coefficient (Wildman–Crippen LogP) is -0.166. The van der Waals surface area contributed by atoms with Crippen LogP contribution in [0.1, 0.15) is 6.92 Å². The van der Waals surface area contributed by atoms with Gasteiger partial charge in [0.05, 0.1) is 10.7 Å². The van der Waals surface area contributed by atoms with Crippen LogP contribution in [0.15, 0.2) is 24.3 Å². The van der Waals surface area contributed by atoms with Gasteiger partial charge >= 0.3 is 0 Å². The van der Waals surface area contributed by atoms with Crippen molar-refractivity contribution in [2.45, 2.75) is 24.6 Å². The molecule has 1 aliphatic heterocycles. The summed E-state index contributed by atoms with van der Waals surface area (Å²) in [6.45, 7) is 1.50. The summed E-state index contributed by atoms with van der Waals surface area (Å²) in [4.78, 5) is 11.8.